The summed E-state index contributed by atoms with van der Waals surface area (Å²) in [5, 5.41) is 10.0. The van der Waals surface area contributed by atoms with Gasteiger partial charge in [0.2, 0.25) is 11.8 Å². The Morgan fingerprint density at radius 2 is 1.82 bits per heavy atom. The van der Waals surface area contributed by atoms with Gasteiger partial charge in [-0.05, 0) is 74.6 Å². The van der Waals surface area contributed by atoms with E-state index in [1.807, 2.05) is 14.1 Å². The quantitative estimate of drug-likeness (QED) is 0.204. The molecule has 4 rings (SSSR count). The number of aromatic nitrogens is 2. The van der Waals surface area contributed by atoms with Gasteiger partial charge in [-0.3, -0.25) is 9.59 Å². The van der Waals surface area contributed by atoms with Gasteiger partial charge in [0, 0.05) is 29.7 Å². The fraction of sp³-hybridized carbons (Fsp3) is 0.241. The Morgan fingerprint density at radius 3 is 2.60 bits per heavy atom. The first kappa shape index (κ1) is 28.7. The van der Waals surface area contributed by atoms with Crippen molar-refractivity contribution in [1.29, 1.82) is 0 Å². The number of nitrogens with one attached hydrogen (secondary N) is 3. The number of likely N-dealkylation sites (N-methyl/N-ethyl adjacent to an activating group) is 1. The van der Waals surface area contributed by atoms with E-state index in [9.17, 15) is 14.0 Å². The van der Waals surface area contributed by atoms with Crippen LogP contribution in [-0.2, 0) is 16.2 Å². The minimum atomic E-state index is -0.326. The van der Waals surface area contributed by atoms with E-state index in [0.29, 0.717) is 63.9 Å². The van der Waals surface area contributed by atoms with Gasteiger partial charge in [0.1, 0.15) is 30.3 Å². The molecule has 0 aliphatic heterocycles. The van der Waals surface area contributed by atoms with Gasteiger partial charge in [0.15, 0.2) is 0 Å². The topological polar surface area (TPSA) is 108 Å². The summed E-state index contributed by atoms with van der Waals surface area (Å²) in [4.78, 5) is 34.6. The lowest BCUT2D eigenvalue weighted by atomic mass is 10.2. The van der Waals surface area contributed by atoms with Gasteiger partial charge in [-0.25, -0.2) is 14.4 Å². The lowest BCUT2D eigenvalue weighted by Gasteiger charge is -2.13. The van der Waals surface area contributed by atoms with E-state index in [-0.39, 0.29) is 30.7 Å². The molecule has 0 radical (unpaired) electrons. The van der Waals surface area contributed by atoms with Crippen molar-refractivity contribution in [2.45, 2.75) is 19.4 Å². The zero-order chi connectivity index (χ0) is 28.5. The van der Waals surface area contributed by atoms with Crippen molar-refractivity contribution >= 4 is 51.5 Å². The molecule has 0 aliphatic rings. The number of benzene rings is 3. The fourth-order valence-electron chi connectivity index (χ4n) is 3.90. The van der Waals surface area contributed by atoms with Crippen LogP contribution in [0.15, 0.2) is 67.0 Å². The average molecular weight is 565 g/mol. The van der Waals surface area contributed by atoms with Crippen molar-refractivity contribution in [3.05, 3.63) is 83.4 Å². The van der Waals surface area contributed by atoms with Crippen LogP contribution in [0.2, 0.25) is 5.02 Å². The highest BCUT2D eigenvalue weighted by molar-refractivity contribution is 6.32. The molecule has 0 bridgehead atoms. The number of carbonyl (C=O) groups excluding carboxylic acids is 2. The highest BCUT2D eigenvalue weighted by atomic mass is 35.5. The van der Waals surface area contributed by atoms with Crippen molar-refractivity contribution in [2.75, 3.05) is 37.8 Å². The molecule has 40 heavy (non-hydrogen) atoms. The summed E-state index contributed by atoms with van der Waals surface area (Å²) >= 11 is 6.44. The Hall–Kier alpha value is -4.28. The van der Waals surface area contributed by atoms with Crippen LogP contribution >= 0.6 is 11.6 Å². The number of anilines is 3. The van der Waals surface area contributed by atoms with Crippen molar-refractivity contribution < 1.29 is 18.7 Å². The van der Waals surface area contributed by atoms with Crippen molar-refractivity contribution in [1.82, 2.24) is 20.2 Å². The zero-order valence-electron chi connectivity index (χ0n) is 22.2. The number of hydrogen-bond donors (Lipinski definition) is 3. The molecule has 1 aromatic heterocycles. The third kappa shape index (κ3) is 8.36. The van der Waals surface area contributed by atoms with Crippen LogP contribution in [0.3, 0.4) is 0 Å². The maximum atomic E-state index is 13.4. The van der Waals surface area contributed by atoms with Gasteiger partial charge >= 0.3 is 0 Å². The van der Waals surface area contributed by atoms with Gasteiger partial charge < -0.3 is 25.6 Å². The van der Waals surface area contributed by atoms with Gasteiger partial charge in [-0.1, -0.05) is 23.7 Å². The summed E-state index contributed by atoms with van der Waals surface area (Å²) in [7, 11) is 3.64. The minimum absolute atomic E-state index is 0.0766. The summed E-state index contributed by atoms with van der Waals surface area (Å²) in [5.41, 5.74) is 2.67. The van der Waals surface area contributed by atoms with E-state index in [4.69, 9.17) is 16.3 Å². The molecule has 0 atom stereocenters. The maximum Gasteiger partial charge on any atom is 0.234 e. The second-order valence-electron chi connectivity index (χ2n) is 9.38. The average Bonchev–Trinajstić information content (AvgIpc) is 2.91. The molecule has 0 aliphatic carbocycles. The molecule has 2 amide bonds. The lowest BCUT2D eigenvalue weighted by Crippen LogP contribution is -2.34. The molecule has 3 aromatic carbocycles. The van der Waals surface area contributed by atoms with E-state index < -0.39 is 0 Å². The Bertz CT molecular complexity index is 1500. The summed E-state index contributed by atoms with van der Waals surface area (Å²) in [6, 6.07) is 16.8. The summed E-state index contributed by atoms with van der Waals surface area (Å²) in [5.74, 6) is 0.439. The van der Waals surface area contributed by atoms with Gasteiger partial charge in [-0.2, -0.15) is 0 Å². The number of hydrogen-bond acceptors (Lipinski definition) is 7. The number of rotatable bonds is 12. The molecule has 0 unspecified atom stereocenters. The first-order valence-corrected chi connectivity index (χ1v) is 13.0. The number of nitrogens with zero attached hydrogens (tertiary/aromatic N) is 3. The Balaban J connectivity index is 1.37. The van der Waals surface area contributed by atoms with Crippen LogP contribution < -0.4 is 20.7 Å². The van der Waals surface area contributed by atoms with Gasteiger partial charge in [0.25, 0.3) is 0 Å². The largest absolute Gasteiger partial charge is 0.487 e. The first-order chi connectivity index (χ1) is 19.3. The molecular formula is C29H30ClFN6O3. The first-order valence-electron chi connectivity index (χ1n) is 12.7. The van der Waals surface area contributed by atoms with Crippen molar-refractivity contribution in [3.8, 4) is 5.75 Å². The maximum absolute atomic E-state index is 13.4. The van der Waals surface area contributed by atoms with Crippen LogP contribution in [0, 0.1) is 5.82 Å². The number of carbonyl (C=O) groups is 2. The van der Waals surface area contributed by atoms with Crippen molar-refractivity contribution in [2.24, 2.45) is 0 Å². The predicted octanol–water partition coefficient (Wildman–Crippen LogP) is 5.14. The molecule has 208 valence electrons. The minimum Gasteiger partial charge on any atom is -0.487 e. The van der Waals surface area contributed by atoms with E-state index in [0.717, 1.165) is 0 Å². The molecule has 4 aromatic rings. The van der Waals surface area contributed by atoms with E-state index in [1.165, 1.54) is 18.5 Å². The number of ether oxygens (including phenoxy) is 1. The van der Waals surface area contributed by atoms with E-state index in [2.05, 4.69) is 25.9 Å². The van der Waals surface area contributed by atoms with E-state index >= 15 is 0 Å². The third-order valence-corrected chi connectivity index (χ3v) is 6.06. The molecular weight excluding hydrogens is 535 g/mol. The SMILES string of the molecule is CN(C)CC(=O)NCCCC(=O)Nc1ccc2ncnc(Nc3ccc(OCc4cccc(F)c4)c(Cl)c3)c2c1. The molecule has 0 spiro atoms. The smallest absolute Gasteiger partial charge is 0.234 e. The molecule has 9 nitrogen and oxygen atoms in total. The van der Waals surface area contributed by atoms with Crippen LogP contribution in [0.1, 0.15) is 18.4 Å². The van der Waals surface area contributed by atoms with Gasteiger partial charge in [-0.15, -0.1) is 0 Å². The summed E-state index contributed by atoms with van der Waals surface area (Å²) in [6.45, 7) is 0.916. The normalized spacial score (nSPS) is 10.9. The standard InChI is InChI=1S/C29H30ClFN6O3/c1-37(2)16-28(39)32-12-4-7-27(38)35-21-8-10-25-23(14-21)29(34-18-33-25)36-22-9-11-26(24(30)15-22)40-17-19-5-3-6-20(31)13-19/h3,5-6,8-11,13-15,18H,4,7,12,16-17H2,1-2H3,(H,32,39)(H,35,38)(H,33,34,36). The molecule has 1 heterocycles. The summed E-state index contributed by atoms with van der Waals surface area (Å²) in [6.07, 6.45) is 2.24. The highest BCUT2D eigenvalue weighted by Crippen LogP contribution is 2.31. The number of amides is 2. The Labute approximate surface area is 236 Å². The van der Waals surface area contributed by atoms with Crippen molar-refractivity contribution in [3.63, 3.8) is 0 Å². The molecule has 0 fully saturated rings. The monoisotopic (exact) mass is 564 g/mol. The number of halogens is 2. The Morgan fingerprint density at radius 1 is 1.00 bits per heavy atom. The molecule has 11 heteroatoms. The fourth-order valence-corrected chi connectivity index (χ4v) is 4.13. The van der Waals surface area contributed by atoms with Crippen LogP contribution in [0.25, 0.3) is 10.9 Å². The zero-order valence-corrected chi connectivity index (χ0v) is 23.0. The molecule has 3 N–H and O–H groups in total. The van der Waals surface area contributed by atoms with Crippen LogP contribution in [-0.4, -0.2) is 53.9 Å². The molecule has 0 saturated heterocycles. The van der Waals surface area contributed by atoms with E-state index in [1.54, 1.807) is 53.4 Å². The predicted molar refractivity (Wildman–Crippen MR) is 154 cm³/mol. The van der Waals surface area contributed by atoms with Crippen LogP contribution in [0.5, 0.6) is 5.75 Å². The van der Waals surface area contributed by atoms with Crippen LogP contribution in [0.4, 0.5) is 21.6 Å². The Kier molecular flexibility index (Phi) is 9.82. The molecule has 0 saturated carbocycles. The summed E-state index contributed by atoms with van der Waals surface area (Å²) < 4.78 is 19.2. The lowest BCUT2D eigenvalue weighted by molar-refractivity contribution is -0.122. The third-order valence-electron chi connectivity index (χ3n) is 5.76. The second-order valence-corrected chi connectivity index (χ2v) is 9.79. The highest BCUT2D eigenvalue weighted by Gasteiger charge is 2.10. The van der Waals surface area contributed by atoms with Gasteiger partial charge in [0.05, 0.1) is 17.1 Å². The number of fused-ring (bicyclic) bond motifs is 1. The second kappa shape index (κ2) is 13.7.